The SMILES string of the molecule is CNC(C)(C)C(=O)NC(C)(C)CCC(=O)O. The molecule has 0 bridgehead atoms. The number of carboxylic acids is 1. The molecule has 0 fully saturated rings. The monoisotopic (exact) mass is 230 g/mol. The molecule has 0 atom stereocenters. The average Bonchev–Trinajstić information content (AvgIpc) is 2.14. The molecule has 1 amide bonds. The predicted octanol–water partition coefficient (Wildman–Crippen LogP) is 0.744. The first-order valence-corrected chi connectivity index (χ1v) is 5.34. The average molecular weight is 230 g/mol. The lowest BCUT2D eigenvalue weighted by Crippen LogP contribution is -2.56. The number of likely N-dealkylation sites (N-methyl/N-ethyl adjacent to an activating group) is 1. The van der Waals surface area contributed by atoms with Crippen LogP contribution >= 0.6 is 0 Å². The van der Waals surface area contributed by atoms with E-state index in [0.717, 1.165) is 0 Å². The van der Waals surface area contributed by atoms with E-state index in [-0.39, 0.29) is 12.3 Å². The Morgan fingerprint density at radius 3 is 2.06 bits per heavy atom. The summed E-state index contributed by atoms with van der Waals surface area (Å²) in [5, 5.41) is 14.3. The number of rotatable bonds is 6. The Kier molecular flexibility index (Phi) is 4.93. The van der Waals surface area contributed by atoms with Crippen molar-refractivity contribution in [2.75, 3.05) is 7.05 Å². The Morgan fingerprint density at radius 2 is 1.69 bits per heavy atom. The summed E-state index contributed by atoms with van der Waals surface area (Å²) in [7, 11) is 1.71. The van der Waals surface area contributed by atoms with Crippen LogP contribution in [0.25, 0.3) is 0 Å². The molecule has 94 valence electrons. The van der Waals surface area contributed by atoms with Gasteiger partial charge in [-0.15, -0.1) is 0 Å². The quantitative estimate of drug-likeness (QED) is 0.629. The van der Waals surface area contributed by atoms with Crippen LogP contribution in [0.4, 0.5) is 0 Å². The lowest BCUT2D eigenvalue weighted by atomic mass is 9.95. The first kappa shape index (κ1) is 14.9. The number of nitrogens with one attached hydrogen (secondary N) is 2. The van der Waals surface area contributed by atoms with E-state index in [1.807, 2.05) is 13.8 Å². The maximum atomic E-state index is 11.8. The number of carbonyl (C=O) groups excluding carboxylic acids is 1. The predicted molar refractivity (Wildman–Crippen MR) is 62.2 cm³/mol. The molecule has 0 aromatic heterocycles. The van der Waals surface area contributed by atoms with E-state index in [1.165, 1.54) is 0 Å². The molecule has 0 aliphatic carbocycles. The number of carboxylic acid groups (broad SMARTS) is 1. The highest BCUT2D eigenvalue weighted by Crippen LogP contribution is 2.13. The summed E-state index contributed by atoms with van der Waals surface area (Å²) in [5.74, 6) is -0.986. The Hall–Kier alpha value is -1.10. The van der Waals surface area contributed by atoms with E-state index in [0.29, 0.717) is 6.42 Å². The zero-order valence-corrected chi connectivity index (χ0v) is 10.7. The fourth-order valence-corrected chi connectivity index (χ4v) is 1.06. The van der Waals surface area contributed by atoms with Gasteiger partial charge in [-0.05, 0) is 41.2 Å². The smallest absolute Gasteiger partial charge is 0.303 e. The van der Waals surface area contributed by atoms with Gasteiger partial charge in [0.25, 0.3) is 0 Å². The minimum atomic E-state index is -0.852. The van der Waals surface area contributed by atoms with E-state index in [1.54, 1.807) is 20.9 Å². The second-order valence-electron chi connectivity index (χ2n) is 5.11. The molecule has 0 rings (SSSR count). The van der Waals surface area contributed by atoms with Crippen molar-refractivity contribution in [3.05, 3.63) is 0 Å². The maximum absolute atomic E-state index is 11.8. The summed E-state index contributed by atoms with van der Waals surface area (Å²) in [6.07, 6.45) is 0.459. The molecule has 0 radical (unpaired) electrons. The molecule has 16 heavy (non-hydrogen) atoms. The molecule has 3 N–H and O–H groups in total. The Balaban J connectivity index is 4.36. The van der Waals surface area contributed by atoms with Crippen LogP contribution in [0.5, 0.6) is 0 Å². The second-order valence-corrected chi connectivity index (χ2v) is 5.11. The van der Waals surface area contributed by atoms with Gasteiger partial charge in [-0.1, -0.05) is 0 Å². The van der Waals surface area contributed by atoms with Crippen molar-refractivity contribution in [3.8, 4) is 0 Å². The van der Waals surface area contributed by atoms with Gasteiger partial charge in [0.1, 0.15) is 0 Å². The van der Waals surface area contributed by atoms with Gasteiger partial charge in [0.05, 0.1) is 5.54 Å². The molecule has 5 nitrogen and oxygen atoms in total. The highest BCUT2D eigenvalue weighted by atomic mass is 16.4. The summed E-state index contributed by atoms with van der Waals surface area (Å²) in [6.45, 7) is 7.18. The molecule has 0 heterocycles. The molecule has 0 saturated heterocycles. The van der Waals surface area contributed by atoms with Crippen molar-refractivity contribution in [2.24, 2.45) is 0 Å². The zero-order chi connectivity index (χ0) is 13.0. The van der Waals surface area contributed by atoms with Crippen LogP contribution in [0.3, 0.4) is 0 Å². The molecule has 0 saturated carbocycles. The fourth-order valence-electron chi connectivity index (χ4n) is 1.06. The molecule has 0 aliphatic rings. The number of aliphatic carboxylic acids is 1. The Labute approximate surface area is 96.6 Å². The molecule has 0 aromatic carbocycles. The first-order valence-electron chi connectivity index (χ1n) is 5.34. The lowest BCUT2D eigenvalue weighted by Gasteiger charge is -2.31. The fraction of sp³-hybridized carbons (Fsp3) is 0.818. The van der Waals surface area contributed by atoms with Crippen molar-refractivity contribution in [1.82, 2.24) is 10.6 Å². The Bertz CT molecular complexity index is 272. The second kappa shape index (κ2) is 5.30. The van der Waals surface area contributed by atoms with Gasteiger partial charge in [-0.25, -0.2) is 0 Å². The minimum absolute atomic E-state index is 0.0489. The topological polar surface area (TPSA) is 78.4 Å². The van der Waals surface area contributed by atoms with Crippen molar-refractivity contribution in [1.29, 1.82) is 0 Å². The third kappa shape index (κ3) is 5.11. The van der Waals surface area contributed by atoms with Crippen LogP contribution in [0.15, 0.2) is 0 Å². The summed E-state index contributed by atoms with van der Waals surface area (Å²) >= 11 is 0. The lowest BCUT2D eigenvalue weighted by molar-refractivity contribution is -0.138. The van der Waals surface area contributed by atoms with Crippen LogP contribution in [0.1, 0.15) is 40.5 Å². The minimum Gasteiger partial charge on any atom is -0.481 e. The molecule has 0 aliphatic heterocycles. The largest absolute Gasteiger partial charge is 0.481 e. The molecule has 0 aromatic rings. The van der Waals surface area contributed by atoms with Crippen LogP contribution in [-0.4, -0.2) is 35.1 Å². The van der Waals surface area contributed by atoms with E-state index < -0.39 is 17.0 Å². The van der Waals surface area contributed by atoms with Crippen LogP contribution < -0.4 is 10.6 Å². The molecular formula is C11H22N2O3. The number of carbonyl (C=O) groups is 2. The van der Waals surface area contributed by atoms with Crippen LogP contribution in [-0.2, 0) is 9.59 Å². The highest BCUT2D eigenvalue weighted by Gasteiger charge is 2.30. The van der Waals surface area contributed by atoms with Gasteiger partial charge in [0, 0.05) is 12.0 Å². The van der Waals surface area contributed by atoms with E-state index in [2.05, 4.69) is 10.6 Å². The zero-order valence-electron chi connectivity index (χ0n) is 10.7. The number of hydrogen-bond acceptors (Lipinski definition) is 3. The van der Waals surface area contributed by atoms with Crippen LogP contribution in [0.2, 0.25) is 0 Å². The summed E-state index contributed by atoms with van der Waals surface area (Å²) in [6, 6.07) is 0. The third-order valence-corrected chi connectivity index (χ3v) is 2.61. The third-order valence-electron chi connectivity index (χ3n) is 2.61. The molecular weight excluding hydrogens is 208 g/mol. The summed E-state index contributed by atoms with van der Waals surface area (Å²) < 4.78 is 0. The van der Waals surface area contributed by atoms with Crippen molar-refractivity contribution in [3.63, 3.8) is 0 Å². The van der Waals surface area contributed by atoms with Gasteiger partial charge < -0.3 is 15.7 Å². The van der Waals surface area contributed by atoms with Gasteiger partial charge >= 0.3 is 5.97 Å². The molecule has 0 spiro atoms. The molecule has 5 heteroatoms. The van der Waals surface area contributed by atoms with E-state index in [9.17, 15) is 9.59 Å². The highest BCUT2D eigenvalue weighted by molar-refractivity contribution is 5.86. The van der Waals surface area contributed by atoms with Crippen molar-refractivity contribution in [2.45, 2.75) is 51.6 Å². The van der Waals surface area contributed by atoms with Gasteiger partial charge in [0.15, 0.2) is 0 Å². The summed E-state index contributed by atoms with van der Waals surface area (Å²) in [4.78, 5) is 22.3. The van der Waals surface area contributed by atoms with E-state index in [4.69, 9.17) is 5.11 Å². The number of amides is 1. The van der Waals surface area contributed by atoms with Gasteiger partial charge in [-0.2, -0.15) is 0 Å². The normalized spacial score (nSPS) is 12.3. The van der Waals surface area contributed by atoms with E-state index >= 15 is 0 Å². The maximum Gasteiger partial charge on any atom is 0.303 e. The Morgan fingerprint density at radius 1 is 1.19 bits per heavy atom. The van der Waals surface area contributed by atoms with Crippen molar-refractivity contribution < 1.29 is 14.7 Å². The molecule has 0 unspecified atom stereocenters. The van der Waals surface area contributed by atoms with Crippen molar-refractivity contribution >= 4 is 11.9 Å². The first-order chi connectivity index (χ1) is 7.10. The van der Waals surface area contributed by atoms with Gasteiger partial charge in [-0.3, -0.25) is 9.59 Å². The summed E-state index contributed by atoms with van der Waals surface area (Å²) in [5.41, 5.74) is -1.16. The standard InChI is InChI=1S/C11H22N2O3/c1-10(2,7-6-8(14)15)13-9(16)11(3,4)12-5/h12H,6-7H2,1-5H3,(H,13,16)(H,14,15). The van der Waals surface area contributed by atoms with Crippen LogP contribution in [0, 0.1) is 0 Å². The number of hydrogen-bond donors (Lipinski definition) is 3. The van der Waals surface area contributed by atoms with Gasteiger partial charge in [0.2, 0.25) is 5.91 Å².